The summed E-state index contributed by atoms with van der Waals surface area (Å²) in [6.45, 7) is 14.5. The standard InChI is InChI=1S/C21H35N3O5/c1-8-12-15(22-29-13-9-2)17-16(23-27-10-3)14-21(5,6)18(20(25)26-7)19(17)24-28-11-4/h9,17-18H,2,8,10-14H2,1,3-7H3/b22-15-,23-16-,24-19-/t17-,18-/m0/s1. The van der Waals surface area contributed by atoms with Gasteiger partial charge in [-0.05, 0) is 32.1 Å². The highest BCUT2D eigenvalue weighted by Crippen LogP contribution is 2.42. The van der Waals surface area contributed by atoms with Gasteiger partial charge in [-0.25, -0.2) is 0 Å². The summed E-state index contributed by atoms with van der Waals surface area (Å²) in [6.07, 6.45) is 3.63. The van der Waals surface area contributed by atoms with Gasteiger partial charge in [0.1, 0.15) is 25.7 Å². The second kappa shape index (κ2) is 12.2. The van der Waals surface area contributed by atoms with Gasteiger partial charge in [-0.3, -0.25) is 4.79 Å². The predicted molar refractivity (Wildman–Crippen MR) is 114 cm³/mol. The first-order chi connectivity index (χ1) is 13.9. The molecule has 0 aromatic rings. The zero-order valence-electron chi connectivity index (χ0n) is 18.6. The number of esters is 1. The van der Waals surface area contributed by atoms with Gasteiger partial charge in [0, 0.05) is 0 Å². The van der Waals surface area contributed by atoms with E-state index in [1.165, 1.54) is 7.11 Å². The van der Waals surface area contributed by atoms with E-state index in [0.717, 1.165) is 17.8 Å². The lowest BCUT2D eigenvalue weighted by molar-refractivity contribution is -0.146. The lowest BCUT2D eigenvalue weighted by atomic mass is 9.62. The van der Waals surface area contributed by atoms with Crippen LogP contribution in [0, 0.1) is 17.3 Å². The maximum atomic E-state index is 12.7. The van der Waals surface area contributed by atoms with Crippen molar-refractivity contribution in [2.75, 3.05) is 26.9 Å². The van der Waals surface area contributed by atoms with E-state index in [1.54, 1.807) is 6.08 Å². The topological polar surface area (TPSA) is 91.1 Å². The van der Waals surface area contributed by atoms with E-state index in [2.05, 4.69) is 22.0 Å². The molecular weight excluding hydrogens is 374 g/mol. The number of rotatable bonds is 11. The molecule has 0 spiro atoms. The molecule has 0 aromatic carbocycles. The SMILES string of the molecule is C=CCO/N=C(/CCC)[C@H]1/C(=N\OCC)CC(C)(C)[C@H](C(=O)OC)/C1=N\OCC. The van der Waals surface area contributed by atoms with Crippen LogP contribution in [-0.4, -0.2) is 50.0 Å². The van der Waals surface area contributed by atoms with Crippen LogP contribution in [0.4, 0.5) is 0 Å². The largest absolute Gasteiger partial charge is 0.468 e. The fourth-order valence-electron chi connectivity index (χ4n) is 3.48. The lowest BCUT2D eigenvalue weighted by Gasteiger charge is -2.41. The van der Waals surface area contributed by atoms with Crippen molar-refractivity contribution in [3.05, 3.63) is 12.7 Å². The van der Waals surface area contributed by atoms with Crippen LogP contribution in [0.25, 0.3) is 0 Å². The maximum absolute atomic E-state index is 12.7. The molecule has 0 heterocycles. The smallest absolute Gasteiger partial charge is 0.315 e. The van der Waals surface area contributed by atoms with Crippen molar-refractivity contribution in [2.45, 2.75) is 53.9 Å². The molecule has 29 heavy (non-hydrogen) atoms. The van der Waals surface area contributed by atoms with Crippen molar-refractivity contribution >= 4 is 23.1 Å². The van der Waals surface area contributed by atoms with Crippen LogP contribution in [0.15, 0.2) is 28.1 Å². The molecule has 1 saturated carbocycles. The molecule has 1 fully saturated rings. The molecule has 0 amide bonds. The van der Waals surface area contributed by atoms with Gasteiger partial charge in [-0.1, -0.05) is 55.3 Å². The summed E-state index contributed by atoms with van der Waals surface area (Å²) in [5.41, 5.74) is 1.48. The Kier molecular flexibility index (Phi) is 10.4. The Labute approximate surface area is 174 Å². The van der Waals surface area contributed by atoms with Crippen molar-refractivity contribution < 1.29 is 24.0 Å². The molecule has 8 heteroatoms. The van der Waals surface area contributed by atoms with Crippen LogP contribution in [0.3, 0.4) is 0 Å². The Morgan fingerprint density at radius 1 is 1.17 bits per heavy atom. The Morgan fingerprint density at radius 3 is 2.38 bits per heavy atom. The Hall–Kier alpha value is -2.38. The average molecular weight is 410 g/mol. The van der Waals surface area contributed by atoms with Crippen LogP contribution < -0.4 is 0 Å². The maximum Gasteiger partial charge on any atom is 0.315 e. The third kappa shape index (κ3) is 6.58. The van der Waals surface area contributed by atoms with E-state index in [9.17, 15) is 4.79 Å². The number of carbonyl (C=O) groups is 1. The highest BCUT2D eigenvalue weighted by molar-refractivity contribution is 6.29. The monoisotopic (exact) mass is 409 g/mol. The van der Waals surface area contributed by atoms with E-state index >= 15 is 0 Å². The third-order valence-corrected chi connectivity index (χ3v) is 4.60. The second-order valence-electron chi connectivity index (χ2n) is 7.41. The Morgan fingerprint density at radius 2 is 1.83 bits per heavy atom. The van der Waals surface area contributed by atoms with Crippen LogP contribution in [0.1, 0.15) is 53.9 Å². The quantitative estimate of drug-likeness (QED) is 0.169. The summed E-state index contributed by atoms with van der Waals surface area (Å²) in [5, 5.41) is 13.0. The number of hydrogen-bond donors (Lipinski definition) is 0. The van der Waals surface area contributed by atoms with Crippen molar-refractivity contribution in [3.8, 4) is 0 Å². The molecule has 164 valence electrons. The first-order valence-electron chi connectivity index (χ1n) is 10.1. The van der Waals surface area contributed by atoms with Gasteiger partial charge >= 0.3 is 5.97 Å². The molecule has 8 nitrogen and oxygen atoms in total. The summed E-state index contributed by atoms with van der Waals surface area (Å²) in [7, 11) is 1.38. The van der Waals surface area contributed by atoms with Crippen molar-refractivity contribution in [1.29, 1.82) is 0 Å². The summed E-state index contributed by atoms with van der Waals surface area (Å²) < 4.78 is 5.11. The van der Waals surface area contributed by atoms with E-state index in [1.807, 2.05) is 34.6 Å². The highest BCUT2D eigenvalue weighted by atomic mass is 16.6. The van der Waals surface area contributed by atoms with Gasteiger partial charge in [-0.15, -0.1) is 0 Å². The molecular formula is C21H35N3O5. The minimum Gasteiger partial charge on any atom is -0.468 e. The molecule has 0 bridgehead atoms. The predicted octanol–water partition coefficient (Wildman–Crippen LogP) is 3.97. The Balaban J connectivity index is 3.62. The molecule has 0 N–H and O–H groups in total. The summed E-state index contributed by atoms with van der Waals surface area (Å²) >= 11 is 0. The van der Waals surface area contributed by atoms with Crippen LogP contribution in [0.5, 0.6) is 0 Å². The number of methoxy groups -OCH3 is 1. The van der Waals surface area contributed by atoms with Gasteiger partial charge in [0.2, 0.25) is 0 Å². The number of carbonyl (C=O) groups excluding carboxylic acids is 1. The zero-order chi connectivity index (χ0) is 21.9. The first kappa shape index (κ1) is 24.7. The normalized spacial score (nSPS) is 24.3. The summed E-state index contributed by atoms with van der Waals surface area (Å²) in [6, 6.07) is 0. The number of hydrogen-bond acceptors (Lipinski definition) is 8. The minimum absolute atomic E-state index is 0.279. The van der Waals surface area contributed by atoms with E-state index in [4.69, 9.17) is 19.2 Å². The van der Waals surface area contributed by atoms with Crippen molar-refractivity contribution in [2.24, 2.45) is 32.7 Å². The van der Waals surface area contributed by atoms with Gasteiger partial charge in [0.05, 0.1) is 30.2 Å². The summed E-state index contributed by atoms with van der Waals surface area (Å²) in [5.74, 6) is -1.43. The molecule has 1 rings (SSSR count). The molecule has 0 aliphatic heterocycles. The third-order valence-electron chi connectivity index (χ3n) is 4.60. The molecule has 0 aromatic heterocycles. The highest BCUT2D eigenvalue weighted by Gasteiger charge is 2.51. The number of ether oxygens (including phenoxy) is 1. The fraction of sp³-hybridized carbons (Fsp3) is 0.714. The van der Waals surface area contributed by atoms with Crippen LogP contribution in [0.2, 0.25) is 0 Å². The van der Waals surface area contributed by atoms with Crippen molar-refractivity contribution in [1.82, 2.24) is 0 Å². The molecule has 0 unspecified atom stereocenters. The van der Waals surface area contributed by atoms with Crippen molar-refractivity contribution in [3.63, 3.8) is 0 Å². The first-order valence-corrected chi connectivity index (χ1v) is 10.1. The van der Waals surface area contributed by atoms with E-state index in [0.29, 0.717) is 31.8 Å². The zero-order valence-corrected chi connectivity index (χ0v) is 18.6. The van der Waals surface area contributed by atoms with E-state index < -0.39 is 17.3 Å². The number of oxime groups is 3. The molecule has 1 aliphatic carbocycles. The van der Waals surface area contributed by atoms with E-state index in [-0.39, 0.29) is 12.6 Å². The molecule has 0 saturated heterocycles. The fourth-order valence-corrected chi connectivity index (χ4v) is 3.48. The lowest BCUT2D eigenvalue weighted by Crippen LogP contribution is -2.52. The average Bonchev–Trinajstić information content (AvgIpc) is 2.69. The Bertz CT molecular complexity index is 640. The second-order valence-corrected chi connectivity index (χ2v) is 7.41. The van der Waals surface area contributed by atoms with Gasteiger partial charge < -0.3 is 19.2 Å². The van der Waals surface area contributed by atoms with Gasteiger partial charge in [0.25, 0.3) is 0 Å². The minimum atomic E-state index is -0.605. The van der Waals surface area contributed by atoms with Crippen LogP contribution >= 0.6 is 0 Å². The van der Waals surface area contributed by atoms with Gasteiger partial charge in [0.15, 0.2) is 0 Å². The molecule has 1 aliphatic rings. The van der Waals surface area contributed by atoms with Crippen LogP contribution in [-0.2, 0) is 24.0 Å². The van der Waals surface area contributed by atoms with Gasteiger partial charge in [-0.2, -0.15) is 0 Å². The molecule has 0 radical (unpaired) electrons. The number of nitrogens with zero attached hydrogens (tertiary/aromatic N) is 3. The molecule has 2 atom stereocenters. The summed E-state index contributed by atoms with van der Waals surface area (Å²) in [4.78, 5) is 28.9.